The summed E-state index contributed by atoms with van der Waals surface area (Å²) >= 11 is 0. The number of aliphatic imine (C=N–C) groups is 1. The van der Waals surface area contributed by atoms with Gasteiger partial charge in [-0.2, -0.15) is 0 Å². The number of nitrogens with one attached hydrogen (secondary N) is 2. The van der Waals surface area contributed by atoms with Gasteiger partial charge in [0.25, 0.3) is 0 Å². The molecule has 162 valence electrons. The standard InChI is InChI=1S/C22H37N5O2/c1-18(19-9-4-3-5-10-19)29-16-8-13-26-22(24-2)25-12-7-15-27-14-6-11-20(17-27)21(23)28/h3-5,9-10,18,20H,6-8,11-17H2,1-2H3,(H2,23,28)(H2,24,25,26). The maximum atomic E-state index is 11.4. The summed E-state index contributed by atoms with van der Waals surface area (Å²) in [5.41, 5.74) is 6.65. The van der Waals surface area contributed by atoms with Crippen LogP contribution in [0.1, 0.15) is 44.3 Å². The number of hydrogen-bond acceptors (Lipinski definition) is 4. The number of primary amides is 1. The van der Waals surface area contributed by atoms with Gasteiger partial charge in [0.15, 0.2) is 5.96 Å². The van der Waals surface area contributed by atoms with Gasteiger partial charge < -0.3 is 26.0 Å². The number of carbonyl (C=O) groups is 1. The van der Waals surface area contributed by atoms with Crippen LogP contribution in [0.4, 0.5) is 0 Å². The van der Waals surface area contributed by atoms with Gasteiger partial charge in [-0.3, -0.25) is 9.79 Å². The third kappa shape index (κ3) is 8.83. The molecule has 0 radical (unpaired) electrons. The summed E-state index contributed by atoms with van der Waals surface area (Å²) in [5.74, 6) is 0.660. The van der Waals surface area contributed by atoms with Crippen molar-refractivity contribution in [3.05, 3.63) is 35.9 Å². The largest absolute Gasteiger partial charge is 0.374 e. The van der Waals surface area contributed by atoms with Gasteiger partial charge in [0, 0.05) is 33.3 Å². The number of benzene rings is 1. The molecular weight excluding hydrogens is 366 g/mol. The van der Waals surface area contributed by atoms with E-state index < -0.39 is 0 Å². The molecule has 1 fully saturated rings. The van der Waals surface area contributed by atoms with Gasteiger partial charge in [0.1, 0.15) is 0 Å². The predicted octanol–water partition coefficient (Wildman–Crippen LogP) is 1.91. The molecule has 4 N–H and O–H groups in total. The fourth-order valence-electron chi connectivity index (χ4n) is 3.58. The molecule has 1 aliphatic heterocycles. The van der Waals surface area contributed by atoms with Crippen LogP contribution in [0.15, 0.2) is 35.3 Å². The molecular formula is C22H37N5O2. The second-order valence-electron chi connectivity index (χ2n) is 7.60. The highest BCUT2D eigenvalue weighted by Crippen LogP contribution is 2.16. The molecule has 0 aromatic heterocycles. The maximum absolute atomic E-state index is 11.4. The molecule has 1 amide bonds. The van der Waals surface area contributed by atoms with E-state index in [1.807, 2.05) is 18.2 Å². The third-order valence-electron chi connectivity index (χ3n) is 5.33. The lowest BCUT2D eigenvalue weighted by atomic mass is 9.97. The van der Waals surface area contributed by atoms with Gasteiger partial charge in [-0.15, -0.1) is 0 Å². The van der Waals surface area contributed by atoms with Crippen molar-refractivity contribution >= 4 is 11.9 Å². The van der Waals surface area contributed by atoms with Crippen LogP contribution < -0.4 is 16.4 Å². The molecule has 7 heteroatoms. The molecule has 0 aliphatic carbocycles. The van der Waals surface area contributed by atoms with Crippen LogP contribution in [0, 0.1) is 5.92 Å². The lowest BCUT2D eigenvalue weighted by Gasteiger charge is -2.31. The summed E-state index contributed by atoms with van der Waals surface area (Å²) in [4.78, 5) is 18.0. The molecule has 0 bridgehead atoms. The van der Waals surface area contributed by atoms with Crippen molar-refractivity contribution in [2.24, 2.45) is 16.6 Å². The molecule has 1 aromatic carbocycles. The van der Waals surface area contributed by atoms with E-state index >= 15 is 0 Å². The van der Waals surface area contributed by atoms with Crippen molar-refractivity contribution in [3.63, 3.8) is 0 Å². The fourth-order valence-corrected chi connectivity index (χ4v) is 3.58. The van der Waals surface area contributed by atoms with E-state index in [-0.39, 0.29) is 17.9 Å². The lowest BCUT2D eigenvalue weighted by Crippen LogP contribution is -2.43. The first-order valence-corrected chi connectivity index (χ1v) is 10.7. The van der Waals surface area contributed by atoms with Crippen molar-refractivity contribution in [3.8, 4) is 0 Å². The zero-order valence-corrected chi connectivity index (χ0v) is 17.9. The normalized spacial score (nSPS) is 19.0. The van der Waals surface area contributed by atoms with E-state index in [2.05, 4.69) is 39.6 Å². The summed E-state index contributed by atoms with van der Waals surface area (Å²) in [6, 6.07) is 10.3. The summed E-state index contributed by atoms with van der Waals surface area (Å²) in [5, 5.41) is 6.68. The Morgan fingerprint density at radius 1 is 1.28 bits per heavy atom. The maximum Gasteiger partial charge on any atom is 0.221 e. The molecule has 2 rings (SSSR count). The van der Waals surface area contributed by atoms with Crippen molar-refractivity contribution in [2.45, 2.75) is 38.7 Å². The second kappa shape index (κ2) is 13.2. The van der Waals surface area contributed by atoms with Crippen LogP contribution in [-0.2, 0) is 9.53 Å². The smallest absolute Gasteiger partial charge is 0.221 e. The first kappa shape index (κ1) is 23.2. The van der Waals surface area contributed by atoms with E-state index in [0.29, 0.717) is 6.61 Å². The van der Waals surface area contributed by atoms with E-state index in [1.165, 1.54) is 5.56 Å². The number of ether oxygens (including phenoxy) is 1. The molecule has 29 heavy (non-hydrogen) atoms. The molecule has 1 aromatic rings. The number of nitrogens with two attached hydrogens (primary N) is 1. The number of nitrogens with zero attached hydrogens (tertiary/aromatic N) is 2. The van der Waals surface area contributed by atoms with Crippen LogP contribution in [0.25, 0.3) is 0 Å². The topological polar surface area (TPSA) is 92.0 Å². The monoisotopic (exact) mass is 403 g/mol. The zero-order valence-electron chi connectivity index (χ0n) is 17.9. The minimum atomic E-state index is -0.167. The number of likely N-dealkylation sites (tertiary alicyclic amines) is 1. The van der Waals surface area contributed by atoms with E-state index in [1.54, 1.807) is 7.05 Å². The molecule has 7 nitrogen and oxygen atoms in total. The first-order valence-electron chi connectivity index (χ1n) is 10.7. The van der Waals surface area contributed by atoms with Gasteiger partial charge in [-0.05, 0) is 51.3 Å². The lowest BCUT2D eigenvalue weighted by molar-refractivity contribution is -0.123. The molecule has 1 aliphatic rings. The predicted molar refractivity (Wildman–Crippen MR) is 118 cm³/mol. The third-order valence-corrected chi connectivity index (χ3v) is 5.33. The molecule has 0 saturated carbocycles. The second-order valence-corrected chi connectivity index (χ2v) is 7.60. The van der Waals surface area contributed by atoms with Crippen molar-refractivity contribution < 1.29 is 9.53 Å². The Labute approximate surface area is 175 Å². The van der Waals surface area contributed by atoms with Crippen molar-refractivity contribution in [1.29, 1.82) is 0 Å². The van der Waals surface area contributed by atoms with Crippen LogP contribution >= 0.6 is 0 Å². The van der Waals surface area contributed by atoms with Crippen LogP contribution in [0.3, 0.4) is 0 Å². The molecule has 0 spiro atoms. The van der Waals surface area contributed by atoms with Crippen LogP contribution in [0.2, 0.25) is 0 Å². The number of hydrogen-bond donors (Lipinski definition) is 3. The summed E-state index contributed by atoms with van der Waals surface area (Å²) in [7, 11) is 1.78. The summed E-state index contributed by atoms with van der Waals surface area (Å²) in [6.07, 6.45) is 4.01. The zero-order chi connectivity index (χ0) is 20.9. The highest BCUT2D eigenvalue weighted by Gasteiger charge is 2.23. The number of guanidine groups is 1. The van der Waals surface area contributed by atoms with E-state index in [9.17, 15) is 4.79 Å². The van der Waals surface area contributed by atoms with E-state index in [0.717, 1.165) is 64.4 Å². The minimum absolute atomic E-state index is 0.0120. The highest BCUT2D eigenvalue weighted by molar-refractivity contribution is 5.79. The Bertz CT molecular complexity index is 623. The molecule has 2 atom stereocenters. The van der Waals surface area contributed by atoms with Crippen molar-refractivity contribution in [1.82, 2.24) is 15.5 Å². The van der Waals surface area contributed by atoms with Gasteiger partial charge >= 0.3 is 0 Å². The quantitative estimate of drug-likeness (QED) is 0.298. The van der Waals surface area contributed by atoms with Gasteiger partial charge in [0.05, 0.1) is 12.0 Å². The van der Waals surface area contributed by atoms with Gasteiger partial charge in [-0.25, -0.2) is 0 Å². The number of rotatable bonds is 11. The Morgan fingerprint density at radius 3 is 2.69 bits per heavy atom. The number of amides is 1. The SMILES string of the molecule is CN=C(NCCCOC(C)c1ccccc1)NCCCN1CCCC(C(N)=O)C1. The molecule has 2 unspecified atom stereocenters. The number of piperidine rings is 1. The molecule has 1 heterocycles. The fraction of sp³-hybridized carbons (Fsp3) is 0.636. The highest BCUT2D eigenvalue weighted by atomic mass is 16.5. The average Bonchev–Trinajstić information content (AvgIpc) is 2.75. The number of carbonyl (C=O) groups excluding carboxylic acids is 1. The Balaban J connectivity index is 1.52. The van der Waals surface area contributed by atoms with Crippen LogP contribution in [0.5, 0.6) is 0 Å². The van der Waals surface area contributed by atoms with Gasteiger partial charge in [0.2, 0.25) is 5.91 Å². The Hall–Kier alpha value is -2.12. The molecule has 1 saturated heterocycles. The van der Waals surface area contributed by atoms with Crippen LogP contribution in [-0.4, -0.2) is 63.1 Å². The summed E-state index contributed by atoms with van der Waals surface area (Å²) in [6.45, 7) is 7.26. The first-order chi connectivity index (χ1) is 14.1. The Kier molecular flexibility index (Phi) is 10.5. The average molecular weight is 404 g/mol. The summed E-state index contributed by atoms with van der Waals surface area (Å²) < 4.78 is 5.90. The van der Waals surface area contributed by atoms with Gasteiger partial charge in [-0.1, -0.05) is 30.3 Å². The Morgan fingerprint density at radius 2 is 2.00 bits per heavy atom. The van der Waals surface area contributed by atoms with E-state index in [4.69, 9.17) is 10.5 Å². The minimum Gasteiger partial charge on any atom is -0.374 e. The van der Waals surface area contributed by atoms with Crippen molar-refractivity contribution in [2.75, 3.05) is 46.4 Å².